The van der Waals surface area contributed by atoms with E-state index >= 15 is 0 Å². The lowest BCUT2D eigenvalue weighted by Gasteiger charge is -2.27. The van der Waals surface area contributed by atoms with Crippen LogP contribution in [-0.4, -0.2) is 50.3 Å². The van der Waals surface area contributed by atoms with Crippen LogP contribution in [0.25, 0.3) is 0 Å². The predicted octanol–water partition coefficient (Wildman–Crippen LogP) is 1.60. The van der Waals surface area contributed by atoms with Gasteiger partial charge in [-0.15, -0.1) is 11.3 Å². The summed E-state index contributed by atoms with van der Waals surface area (Å²) in [5, 5.41) is 19.4. The molecule has 1 unspecified atom stereocenters. The fourth-order valence-corrected chi connectivity index (χ4v) is 8.36. The second-order valence-corrected chi connectivity index (χ2v) is 12.7. The minimum atomic E-state index is -4.38. The third-order valence-corrected chi connectivity index (χ3v) is 10.7. The number of rotatable bonds is 8. The molecule has 0 radical (unpaired) electrons. The fourth-order valence-electron chi connectivity index (χ4n) is 3.39. The van der Waals surface area contributed by atoms with E-state index in [0.717, 1.165) is 0 Å². The van der Waals surface area contributed by atoms with E-state index in [1.165, 1.54) is 24.3 Å². The highest BCUT2D eigenvalue weighted by molar-refractivity contribution is 7.95. The Bertz CT molecular complexity index is 1210. The van der Waals surface area contributed by atoms with Crippen molar-refractivity contribution in [2.75, 3.05) is 6.54 Å². The lowest BCUT2D eigenvalue weighted by Crippen LogP contribution is -2.33. The zero-order valence-corrected chi connectivity index (χ0v) is 19.6. The summed E-state index contributed by atoms with van der Waals surface area (Å²) in [4.78, 5) is 17.2. The summed E-state index contributed by atoms with van der Waals surface area (Å²) < 4.78 is 53.0. The Hall–Kier alpha value is -1.91. The summed E-state index contributed by atoms with van der Waals surface area (Å²) in [6.45, 7) is 3.61. The van der Waals surface area contributed by atoms with Gasteiger partial charge in [0.1, 0.15) is 8.42 Å². The van der Waals surface area contributed by atoms with Gasteiger partial charge in [-0.1, -0.05) is 25.1 Å². The SMILES string of the molecule is CCN[C@H]1CC(C)S(=O)(=O)c2sc(S(=O)(=O)NC(=O)c3ccccc3CON(O)O)cc21. The van der Waals surface area contributed by atoms with E-state index in [0.29, 0.717) is 29.9 Å². The normalized spacial score (nSPS) is 20.2. The van der Waals surface area contributed by atoms with E-state index in [4.69, 9.17) is 10.4 Å². The monoisotopic (exact) mass is 505 g/mol. The number of carbonyl (C=O) groups is 1. The average molecular weight is 506 g/mol. The number of fused-ring (bicyclic) bond motifs is 1. The number of carbonyl (C=O) groups excluding carboxylic acids is 1. The molecule has 32 heavy (non-hydrogen) atoms. The largest absolute Gasteiger partial charge is 0.310 e. The molecule has 3 rings (SSSR count). The van der Waals surface area contributed by atoms with Gasteiger partial charge in [0.15, 0.2) is 9.84 Å². The van der Waals surface area contributed by atoms with Crippen LogP contribution in [0.4, 0.5) is 0 Å². The number of amides is 1. The zero-order chi connectivity index (χ0) is 23.7. The maximum absolute atomic E-state index is 12.9. The number of sulfonamides is 1. The maximum atomic E-state index is 12.9. The summed E-state index contributed by atoms with van der Waals surface area (Å²) in [7, 11) is -8.06. The van der Waals surface area contributed by atoms with Crippen LogP contribution in [0, 0.1) is 0 Å². The number of benzene rings is 1. The van der Waals surface area contributed by atoms with Crippen molar-refractivity contribution >= 4 is 37.1 Å². The van der Waals surface area contributed by atoms with Gasteiger partial charge in [0.25, 0.3) is 15.9 Å². The highest BCUT2D eigenvalue weighted by Gasteiger charge is 2.39. The Labute approximate surface area is 189 Å². The van der Waals surface area contributed by atoms with Gasteiger partial charge in [0.2, 0.25) is 0 Å². The van der Waals surface area contributed by atoms with Crippen molar-refractivity contribution in [1.29, 1.82) is 0 Å². The molecule has 4 N–H and O–H groups in total. The van der Waals surface area contributed by atoms with E-state index in [1.807, 2.05) is 11.6 Å². The number of thiophene rings is 1. The molecule has 0 bridgehead atoms. The first-order valence-electron chi connectivity index (χ1n) is 9.54. The van der Waals surface area contributed by atoms with E-state index in [9.17, 15) is 21.6 Å². The van der Waals surface area contributed by atoms with E-state index in [-0.39, 0.29) is 25.6 Å². The number of hydrogen-bond donors (Lipinski definition) is 4. The molecular formula is C18H23N3O8S3. The molecule has 2 atom stereocenters. The molecule has 1 aromatic heterocycles. The molecule has 14 heteroatoms. The molecule has 0 spiro atoms. The molecule has 0 aliphatic carbocycles. The van der Waals surface area contributed by atoms with Gasteiger partial charge in [-0.2, -0.15) is 0 Å². The lowest BCUT2D eigenvalue weighted by molar-refractivity contribution is -0.497. The van der Waals surface area contributed by atoms with Crippen LogP contribution in [0.15, 0.2) is 38.8 Å². The minimum Gasteiger partial charge on any atom is -0.310 e. The summed E-state index contributed by atoms with van der Waals surface area (Å²) >= 11 is 0.610. The van der Waals surface area contributed by atoms with E-state index in [1.54, 1.807) is 13.0 Å². The van der Waals surface area contributed by atoms with Crippen LogP contribution in [-0.2, 0) is 31.3 Å². The second kappa shape index (κ2) is 9.52. The second-order valence-electron chi connectivity index (χ2n) is 7.13. The van der Waals surface area contributed by atoms with Gasteiger partial charge in [0, 0.05) is 17.2 Å². The van der Waals surface area contributed by atoms with Crippen molar-refractivity contribution in [1.82, 2.24) is 15.4 Å². The number of nitrogens with zero attached hydrogens (tertiary/aromatic N) is 1. The van der Waals surface area contributed by atoms with Gasteiger partial charge in [-0.05, 0) is 37.6 Å². The number of hydrogen-bond acceptors (Lipinski definition) is 11. The Morgan fingerprint density at radius 1 is 1.31 bits per heavy atom. The average Bonchev–Trinajstić information content (AvgIpc) is 3.18. The van der Waals surface area contributed by atoms with Crippen molar-refractivity contribution < 1.29 is 36.9 Å². The highest BCUT2D eigenvalue weighted by atomic mass is 32.3. The molecular weight excluding hydrogens is 482 g/mol. The first kappa shape index (κ1) is 24.7. The molecule has 1 aliphatic heterocycles. The molecule has 0 saturated heterocycles. The Morgan fingerprint density at radius 2 is 2.00 bits per heavy atom. The van der Waals surface area contributed by atoms with Gasteiger partial charge in [-0.25, -0.2) is 26.4 Å². The zero-order valence-electron chi connectivity index (χ0n) is 17.2. The van der Waals surface area contributed by atoms with Gasteiger partial charge in [0.05, 0.1) is 17.2 Å². The molecule has 2 heterocycles. The molecule has 1 aliphatic rings. The first-order valence-corrected chi connectivity index (χ1v) is 13.4. The molecule has 0 fully saturated rings. The molecule has 1 amide bonds. The number of sulfone groups is 1. The van der Waals surface area contributed by atoms with E-state index in [2.05, 4.69) is 10.2 Å². The minimum absolute atomic E-state index is 0.0187. The predicted molar refractivity (Wildman–Crippen MR) is 113 cm³/mol. The molecule has 11 nitrogen and oxygen atoms in total. The Balaban J connectivity index is 1.92. The topological polar surface area (TPSA) is 162 Å². The fraction of sp³-hybridized carbons (Fsp3) is 0.389. The standard InChI is InChI=1S/C18H23N3O8S3/c1-3-19-15-8-11(2)31(25,26)18-14(15)9-16(30-18)32(27,28)20-17(22)13-7-5-4-6-12(13)10-29-21(23)24/h4-7,9,11,15,19,23-24H,3,8,10H2,1-2H3,(H,20,22)/t11?,15-/m0/s1. The van der Waals surface area contributed by atoms with Crippen LogP contribution in [0.1, 0.15) is 47.8 Å². The van der Waals surface area contributed by atoms with Crippen LogP contribution >= 0.6 is 11.3 Å². The first-order chi connectivity index (χ1) is 15.0. The lowest BCUT2D eigenvalue weighted by atomic mass is 10.1. The van der Waals surface area contributed by atoms with Gasteiger partial charge in [-0.3, -0.25) is 15.2 Å². The van der Waals surface area contributed by atoms with Crippen molar-refractivity contribution in [3.63, 3.8) is 0 Å². The summed E-state index contributed by atoms with van der Waals surface area (Å²) in [6, 6.07) is 6.82. The Morgan fingerprint density at radius 3 is 2.66 bits per heavy atom. The third kappa shape index (κ3) is 5.02. The van der Waals surface area contributed by atoms with Gasteiger partial charge >= 0.3 is 0 Å². The van der Waals surface area contributed by atoms with Gasteiger partial charge < -0.3 is 5.32 Å². The quantitative estimate of drug-likeness (QED) is 0.388. The number of nitrogens with one attached hydrogen (secondary N) is 2. The highest BCUT2D eigenvalue weighted by Crippen LogP contribution is 2.42. The van der Waals surface area contributed by atoms with Crippen LogP contribution in [0.3, 0.4) is 0 Å². The smallest absolute Gasteiger partial charge is 0.273 e. The van der Waals surface area contributed by atoms with Crippen LogP contribution < -0.4 is 10.0 Å². The summed E-state index contributed by atoms with van der Waals surface area (Å²) in [5.41, 5.74) is 0.510. The van der Waals surface area contributed by atoms with Crippen molar-refractivity contribution in [2.45, 2.75) is 46.6 Å². The summed E-state index contributed by atoms with van der Waals surface area (Å²) in [6.07, 6.45) is 0.311. The van der Waals surface area contributed by atoms with Crippen molar-refractivity contribution in [3.8, 4) is 0 Å². The summed E-state index contributed by atoms with van der Waals surface area (Å²) in [5.74, 6) is -0.975. The Kier molecular flexibility index (Phi) is 7.36. The molecule has 0 saturated carbocycles. The van der Waals surface area contributed by atoms with Crippen molar-refractivity contribution in [2.24, 2.45) is 0 Å². The van der Waals surface area contributed by atoms with E-state index < -0.39 is 43.0 Å². The van der Waals surface area contributed by atoms with Crippen LogP contribution in [0.2, 0.25) is 0 Å². The third-order valence-electron chi connectivity index (χ3n) is 4.97. The van der Waals surface area contributed by atoms with Crippen LogP contribution in [0.5, 0.6) is 0 Å². The molecule has 1 aromatic carbocycles. The maximum Gasteiger partial charge on any atom is 0.273 e. The molecule has 2 aromatic rings. The van der Waals surface area contributed by atoms with Crippen molar-refractivity contribution in [3.05, 3.63) is 47.0 Å². The molecule has 176 valence electrons.